The van der Waals surface area contributed by atoms with Crippen molar-refractivity contribution >= 4 is 60.7 Å². The number of thiophene rings is 1. The number of carboxylic acid groups (broad SMARTS) is 1. The standard InChI is InChI=1S/C31H31ClF2N6O3S/c1-39(2)14-31(8-9-31)15-43-30-37-25-18(28(38-30)40-10-3-4-16(7-11-40)29(41)42)12-20(32)23(24(25)34)17-5-6-21(33)26-22(17)19(13-35)27(36)44-26/h5-6,12,16H,3-4,7-11,14-15,36H2,1-2H3,(H,41,42). The van der Waals surface area contributed by atoms with E-state index in [0.717, 1.165) is 30.7 Å². The fourth-order valence-electron chi connectivity index (χ4n) is 6.19. The van der Waals surface area contributed by atoms with Crippen LogP contribution in [0.15, 0.2) is 18.2 Å². The van der Waals surface area contributed by atoms with Crippen LogP contribution < -0.4 is 15.4 Å². The summed E-state index contributed by atoms with van der Waals surface area (Å²) in [5.41, 5.74) is 6.19. The molecule has 1 aliphatic carbocycles. The summed E-state index contributed by atoms with van der Waals surface area (Å²) >= 11 is 7.70. The molecule has 4 aromatic rings. The summed E-state index contributed by atoms with van der Waals surface area (Å²) in [5, 5.41) is 20.1. The van der Waals surface area contributed by atoms with Crippen molar-refractivity contribution in [1.82, 2.24) is 14.9 Å². The molecular formula is C31H31ClF2N6O3S. The molecule has 2 aromatic heterocycles. The lowest BCUT2D eigenvalue weighted by atomic mass is 9.97. The van der Waals surface area contributed by atoms with Gasteiger partial charge < -0.3 is 25.4 Å². The zero-order valence-electron chi connectivity index (χ0n) is 24.3. The number of halogens is 3. The Morgan fingerprint density at radius 3 is 2.75 bits per heavy atom. The number of fused-ring (bicyclic) bond motifs is 2. The van der Waals surface area contributed by atoms with Gasteiger partial charge in [-0.05, 0) is 63.9 Å². The molecule has 0 spiro atoms. The molecule has 0 radical (unpaired) electrons. The van der Waals surface area contributed by atoms with Crippen molar-refractivity contribution in [2.75, 3.05) is 51.0 Å². The number of nitrogen functional groups attached to an aromatic ring is 1. The van der Waals surface area contributed by atoms with Crippen molar-refractivity contribution in [3.63, 3.8) is 0 Å². The topological polar surface area (TPSA) is 129 Å². The van der Waals surface area contributed by atoms with Crippen molar-refractivity contribution < 1.29 is 23.4 Å². The van der Waals surface area contributed by atoms with Crippen LogP contribution in [-0.4, -0.2) is 66.3 Å². The molecule has 2 aromatic carbocycles. The van der Waals surface area contributed by atoms with Crippen LogP contribution in [-0.2, 0) is 4.79 Å². The first-order valence-corrected chi connectivity index (χ1v) is 15.6. The summed E-state index contributed by atoms with van der Waals surface area (Å²) in [6.45, 7) is 2.10. The van der Waals surface area contributed by atoms with Gasteiger partial charge in [0.1, 0.15) is 28.2 Å². The van der Waals surface area contributed by atoms with Gasteiger partial charge in [0.05, 0.1) is 27.8 Å². The fraction of sp³-hybridized carbons (Fsp3) is 0.419. The van der Waals surface area contributed by atoms with Crippen LogP contribution in [0.25, 0.3) is 32.1 Å². The van der Waals surface area contributed by atoms with E-state index in [9.17, 15) is 19.6 Å². The Balaban J connectivity index is 1.51. The highest BCUT2D eigenvalue weighted by atomic mass is 35.5. The largest absolute Gasteiger partial charge is 0.481 e. The zero-order chi connectivity index (χ0) is 31.3. The lowest BCUT2D eigenvalue weighted by Gasteiger charge is -2.25. The molecule has 44 heavy (non-hydrogen) atoms. The van der Waals surface area contributed by atoms with E-state index in [1.54, 1.807) is 6.07 Å². The number of nitrogens with two attached hydrogens (primary N) is 1. The van der Waals surface area contributed by atoms with Gasteiger partial charge in [0.2, 0.25) is 0 Å². The minimum absolute atomic E-state index is 0.00507. The summed E-state index contributed by atoms with van der Waals surface area (Å²) in [5.74, 6) is -2.26. The number of carboxylic acids is 1. The van der Waals surface area contributed by atoms with Crippen LogP contribution in [0.2, 0.25) is 5.02 Å². The molecular weight excluding hydrogens is 610 g/mol. The van der Waals surface area contributed by atoms with Crippen molar-refractivity contribution in [3.8, 4) is 23.2 Å². The number of aromatic nitrogens is 2. The lowest BCUT2D eigenvalue weighted by molar-refractivity contribution is -0.142. The van der Waals surface area contributed by atoms with Crippen LogP contribution >= 0.6 is 22.9 Å². The molecule has 1 saturated carbocycles. The highest BCUT2D eigenvalue weighted by Crippen LogP contribution is 2.47. The quantitative estimate of drug-likeness (QED) is 0.228. The molecule has 9 nitrogen and oxygen atoms in total. The highest BCUT2D eigenvalue weighted by molar-refractivity contribution is 7.23. The predicted molar refractivity (Wildman–Crippen MR) is 167 cm³/mol. The molecule has 3 N–H and O–H groups in total. The van der Waals surface area contributed by atoms with Gasteiger partial charge in [-0.1, -0.05) is 17.7 Å². The van der Waals surface area contributed by atoms with E-state index < -0.39 is 23.5 Å². The van der Waals surface area contributed by atoms with E-state index in [0.29, 0.717) is 50.2 Å². The first kappa shape index (κ1) is 30.2. The summed E-state index contributed by atoms with van der Waals surface area (Å²) < 4.78 is 37.8. The number of carbonyl (C=O) groups is 1. The molecule has 1 unspecified atom stereocenters. The Labute approximate surface area is 261 Å². The maximum Gasteiger partial charge on any atom is 0.319 e. The van der Waals surface area contributed by atoms with Gasteiger partial charge in [0, 0.05) is 41.4 Å². The van der Waals surface area contributed by atoms with Gasteiger partial charge in [-0.3, -0.25) is 4.79 Å². The molecule has 3 heterocycles. The predicted octanol–water partition coefficient (Wildman–Crippen LogP) is 6.31. The fourth-order valence-corrected chi connectivity index (χ4v) is 7.43. The summed E-state index contributed by atoms with van der Waals surface area (Å²) in [4.78, 5) is 25.0. The van der Waals surface area contributed by atoms with Crippen molar-refractivity contribution in [1.29, 1.82) is 5.26 Å². The number of ether oxygens (including phenoxy) is 1. The van der Waals surface area contributed by atoms with E-state index in [4.69, 9.17) is 27.1 Å². The van der Waals surface area contributed by atoms with Gasteiger partial charge in [-0.25, -0.2) is 8.78 Å². The van der Waals surface area contributed by atoms with Gasteiger partial charge in [0.15, 0.2) is 5.82 Å². The maximum absolute atomic E-state index is 16.8. The van der Waals surface area contributed by atoms with Crippen molar-refractivity contribution in [2.24, 2.45) is 11.3 Å². The minimum Gasteiger partial charge on any atom is -0.481 e. The van der Waals surface area contributed by atoms with Crippen LogP contribution in [0.3, 0.4) is 0 Å². The van der Waals surface area contributed by atoms with Gasteiger partial charge in [-0.2, -0.15) is 15.2 Å². The molecule has 2 aliphatic rings. The summed E-state index contributed by atoms with van der Waals surface area (Å²) in [6.07, 6.45) is 3.53. The first-order chi connectivity index (χ1) is 21.0. The second-order valence-corrected chi connectivity index (χ2v) is 13.5. The number of benzene rings is 2. The van der Waals surface area contributed by atoms with Gasteiger partial charge >= 0.3 is 12.0 Å². The third kappa shape index (κ3) is 5.49. The van der Waals surface area contributed by atoms with Crippen molar-refractivity contribution in [2.45, 2.75) is 32.1 Å². The molecule has 2 fully saturated rings. The van der Waals surface area contributed by atoms with E-state index in [1.807, 2.05) is 25.1 Å². The molecule has 230 valence electrons. The van der Waals surface area contributed by atoms with Crippen molar-refractivity contribution in [3.05, 3.63) is 40.4 Å². The Bertz CT molecular complexity index is 1840. The second-order valence-electron chi connectivity index (χ2n) is 12.0. The Morgan fingerprint density at radius 1 is 1.30 bits per heavy atom. The first-order valence-electron chi connectivity index (χ1n) is 14.4. The molecule has 1 aliphatic heterocycles. The third-order valence-corrected chi connectivity index (χ3v) is 9.86. The molecule has 6 rings (SSSR count). The highest BCUT2D eigenvalue weighted by Gasteiger charge is 2.44. The summed E-state index contributed by atoms with van der Waals surface area (Å²) in [6, 6.07) is 6.18. The number of hydrogen-bond acceptors (Lipinski definition) is 9. The van der Waals surface area contributed by atoms with Crippen LogP contribution in [0, 0.1) is 34.3 Å². The maximum atomic E-state index is 16.8. The molecule has 13 heteroatoms. The van der Waals surface area contributed by atoms with E-state index in [-0.39, 0.29) is 53.7 Å². The third-order valence-electron chi connectivity index (χ3n) is 8.53. The number of nitrogens with zero attached hydrogens (tertiary/aromatic N) is 5. The Morgan fingerprint density at radius 2 is 2.07 bits per heavy atom. The van der Waals surface area contributed by atoms with Crippen LogP contribution in [0.5, 0.6) is 6.01 Å². The molecule has 1 atom stereocenters. The average Bonchev–Trinajstić information content (AvgIpc) is 3.70. The number of anilines is 2. The normalized spacial score (nSPS) is 18.0. The van der Waals surface area contributed by atoms with E-state index in [1.165, 1.54) is 12.1 Å². The number of nitriles is 1. The van der Waals surface area contributed by atoms with Gasteiger partial charge in [0.25, 0.3) is 0 Å². The SMILES string of the molecule is CN(C)CC1(COc2nc(N3CCCC(C(=O)O)CC3)c3cc(Cl)c(-c4ccc(F)c5sc(N)c(C#N)c45)c(F)c3n2)CC1. The van der Waals surface area contributed by atoms with Crippen LogP contribution in [0.1, 0.15) is 37.7 Å². The number of rotatable bonds is 8. The van der Waals surface area contributed by atoms with E-state index in [2.05, 4.69) is 9.88 Å². The van der Waals surface area contributed by atoms with Gasteiger partial charge in [-0.15, -0.1) is 11.3 Å². The Hall–Kier alpha value is -3.79. The Kier molecular flexibility index (Phi) is 7.98. The van der Waals surface area contributed by atoms with E-state index >= 15 is 4.39 Å². The van der Waals surface area contributed by atoms with Crippen LogP contribution in [0.4, 0.5) is 19.6 Å². The zero-order valence-corrected chi connectivity index (χ0v) is 25.9. The minimum atomic E-state index is -0.839. The molecule has 0 bridgehead atoms. The number of aliphatic carboxylic acids is 1. The monoisotopic (exact) mass is 640 g/mol. The summed E-state index contributed by atoms with van der Waals surface area (Å²) in [7, 11) is 4.00. The molecule has 0 amide bonds. The second kappa shape index (κ2) is 11.6. The molecule has 1 saturated heterocycles. The lowest BCUT2D eigenvalue weighted by Crippen LogP contribution is -2.29. The number of hydrogen-bond donors (Lipinski definition) is 2. The smallest absolute Gasteiger partial charge is 0.319 e. The average molecular weight is 641 g/mol.